The minimum Gasteiger partial charge on any atom is -0.265 e. The Hall–Kier alpha value is -1.26. The lowest BCUT2D eigenvalue weighted by atomic mass is 10.1. The third-order valence-electron chi connectivity index (χ3n) is 3.16. The van der Waals surface area contributed by atoms with Crippen molar-refractivity contribution in [2.45, 2.75) is 10.1 Å². The number of hydrogen-bond donors (Lipinski definition) is 0. The maximum atomic E-state index is 6.36. The van der Waals surface area contributed by atoms with Gasteiger partial charge < -0.3 is 0 Å². The number of hydrogen-bond acceptors (Lipinski definition) is 3. The van der Waals surface area contributed by atoms with E-state index in [1.54, 1.807) is 36.3 Å². The number of thioether (sulfide) groups is 1. The Morgan fingerprint density at radius 3 is 2.22 bits per heavy atom. The number of nitrogens with zero attached hydrogens (tertiary/aromatic N) is 2. The number of aromatic nitrogens is 2. The summed E-state index contributed by atoms with van der Waals surface area (Å²) >= 11 is 20.0. The molecule has 1 unspecified atom stereocenters. The molecule has 116 valence electrons. The van der Waals surface area contributed by atoms with Gasteiger partial charge in [-0.3, -0.25) is 4.98 Å². The Labute approximate surface area is 153 Å². The lowest BCUT2D eigenvalue weighted by molar-refractivity contribution is 1.04. The molecular weight excluding hydrogens is 371 g/mol. The Bertz CT molecular complexity index is 795. The lowest BCUT2D eigenvalue weighted by Crippen LogP contribution is -2.01. The summed E-state index contributed by atoms with van der Waals surface area (Å²) in [6.45, 7) is 0. The summed E-state index contributed by atoms with van der Waals surface area (Å²) in [5, 5.41) is 1.61. The standard InChI is InChI=1S/C17H11Cl3N2S/c18-12-1-3-13(4-2-12)23-17(11-7-9-21-10-8-11)16-14(19)5-6-15(20)22-16/h1-10,17H. The van der Waals surface area contributed by atoms with Gasteiger partial charge in [-0.15, -0.1) is 11.8 Å². The summed E-state index contributed by atoms with van der Waals surface area (Å²) in [4.78, 5) is 9.57. The molecule has 0 saturated heterocycles. The molecule has 3 rings (SSSR count). The molecule has 0 N–H and O–H groups in total. The van der Waals surface area contributed by atoms with Crippen LogP contribution in [0.4, 0.5) is 0 Å². The lowest BCUT2D eigenvalue weighted by Gasteiger charge is -2.18. The van der Waals surface area contributed by atoms with Crippen molar-refractivity contribution in [3.8, 4) is 0 Å². The Balaban J connectivity index is 2.03. The highest BCUT2D eigenvalue weighted by atomic mass is 35.5. The van der Waals surface area contributed by atoms with E-state index in [1.165, 1.54) is 0 Å². The summed E-state index contributed by atoms with van der Waals surface area (Å²) in [6, 6.07) is 15.0. The average Bonchev–Trinajstić information content (AvgIpc) is 2.57. The van der Waals surface area contributed by atoms with Gasteiger partial charge in [0, 0.05) is 22.3 Å². The molecule has 2 heterocycles. The van der Waals surface area contributed by atoms with Gasteiger partial charge in [-0.1, -0.05) is 34.8 Å². The molecule has 0 aliphatic rings. The van der Waals surface area contributed by atoms with Crippen LogP contribution in [0.2, 0.25) is 15.2 Å². The van der Waals surface area contributed by atoms with Crippen molar-refractivity contribution in [3.63, 3.8) is 0 Å². The maximum absolute atomic E-state index is 6.36. The molecule has 23 heavy (non-hydrogen) atoms. The first-order valence-electron chi connectivity index (χ1n) is 6.77. The first-order valence-corrected chi connectivity index (χ1v) is 8.79. The van der Waals surface area contributed by atoms with Gasteiger partial charge in [-0.25, -0.2) is 4.98 Å². The van der Waals surface area contributed by atoms with Gasteiger partial charge in [-0.05, 0) is 54.1 Å². The van der Waals surface area contributed by atoms with Crippen molar-refractivity contribution >= 4 is 46.6 Å². The first-order chi connectivity index (χ1) is 11.1. The highest BCUT2D eigenvalue weighted by molar-refractivity contribution is 7.99. The molecule has 0 amide bonds. The Morgan fingerprint density at radius 1 is 0.826 bits per heavy atom. The van der Waals surface area contributed by atoms with E-state index >= 15 is 0 Å². The van der Waals surface area contributed by atoms with Crippen LogP contribution in [-0.2, 0) is 0 Å². The summed E-state index contributed by atoms with van der Waals surface area (Å²) < 4.78 is 0. The van der Waals surface area contributed by atoms with Crippen LogP contribution < -0.4 is 0 Å². The predicted octanol–water partition coefficient (Wildman–Crippen LogP) is 6.32. The normalized spacial score (nSPS) is 12.1. The monoisotopic (exact) mass is 380 g/mol. The highest BCUT2D eigenvalue weighted by Crippen LogP contribution is 2.42. The maximum Gasteiger partial charge on any atom is 0.129 e. The van der Waals surface area contributed by atoms with E-state index in [9.17, 15) is 0 Å². The van der Waals surface area contributed by atoms with Gasteiger partial charge in [0.2, 0.25) is 0 Å². The van der Waals surface area contributed by atoms with Crippen LogP contribution in [0.15, 0.2) is 65.8 Å². The summed E-state index contributed by atoms with van der Waals surface area (Å²) in [6.07, 6.45) is 3.51. The molecule has 0 radical (unpaired) electrons. The molecule has 2 aromatic heterocycles. The number of halogens is 3. The number of benzene rings is 1. The zero-order chi connectivity index (χ0) is 16.2. The molecule has 1 atom stereocenters. The van der Waals surface area contributed by atoms with Gasteiger partial charge in [0.1, 0.15) is 5.15 Å². The van der Waals surface area contributed by atoms with E-state index in [-0.39, 0.29) is 5.25 Å². The second kappa shape index (κ2) is 7.54. The van der Waals surface area contributed by atoms with Crippen LogP contribution in [0, 0.1) is 0 Å². The first kappa shape index (κ1) is 16.6. The van der Waals surface area contributed by atoms with Gasteiger partial charge in [0.05, 0.1) is 16.0 Å². The second-order valence-electron chi connectivity index (χ2n) is 4.73. The zero-order valence-corrected chi connectivity index (χ0v) is 14.9. The minimum atomic E-state index is -0.0922. The molecule has 0 spiro atoms. The van der Waals surface area contributed by atoms with Gasteiger partial charge in [-0.2, -0.15) is 0 Å². The van der Waals surface area contributed by atoms with E-state index in [2.05, 4.69) is 9.97 Å². The largest absolute Gasteiger partial charge is 0.265 e. The zero-order valence-electron chi connectivity index (χ0n) is 11.8. The molecule has 0 saturated carbocycles. The summed E-state index contributed by atoms with van der Waals surface area (Å²) in [5.41, 5.74) is 1.78. The van der Waals surface area contributed by atoms with E-state index in [0.717, 1.165) is 16.2 Å². The Morgan fingerprint density at radius 2 is 1.52 bits per heavy atom. The van der Waals surface area contributed by atoms with Crippen LogP contribution in [0.25, 0.3) is 0 Å². The van der Waals surface area contributed by atoms with Crippen molar-refractivity contribution < 1.29 is 0 Å². The van der Waals surface area contributed by atoms with Crippen molar-refractivity contribution in [2.75, 3.05) is 0 Å². The summed E-state index contributed by atoms with van der Waals surface area (Å²) in [7, 11) is 0. The van der Waals surface area contributed by atoms with E-state index < -0.39 is 0 Å². The van der Waals surface area contributed by atoms with Crippen molar-refractivity contribution in [2.24, 2.45) is 0 Å². The average molecular weight is 382 g/mol. The van der Waals surface area contributed by atoms with Crippen molar-refractivity contribution in [3.05, 3.63) is 87.4 Å². The topological polar surface area (TPSA) is 25.8 Å². The SMILES string of the molecule is Clc1ccc(SC(c2ccncc2)c2nc(Cl)ccc2Cl)cc1. The van der Waals surface area contributed by atoms with Crippen LogP contribution >= 0.6 is 46.6 Å². The molecule has 0 aliphatic heterocycles. The fraction of sp³-hybridized carbons (Fsp3) is 0.0588. The predicted molar refractivity (Wildman–Crippen MR) is 97.6 cm³/mol. The van der Waals surface area contributed by atoms with Crippen LogP contribution in [-0.4, -0.2) is 9.97 Å². The van der Waals surface area contributed by atoms with E-state index in [1.807, 2.05) is 36.4 Å². The van der Waals surface area contributed by atoms with E-state index in [0.29, 0.717) is 15.2 Å². The van der Waals surface area contributed by atoms with Crippen molar-refractivity contribution in [1.29, 1.82) is 0 Å². The molecule has 3 aromatic rings. The van der Waals surface area contributed by atoms with Gasteiger partial charge in [0.15, 0.2) is 0 Å². The number of pyridine rings is 2. The molecule has 0 aliphatic carbocycles. The Kier molecular flexibility index (Phi) is 5.44. The van der Waals surface area contributed by atoms with Gasteiger partial charge >= 0.3 is 0 Å². The fourth-order valence-corrected chi connectivity index (χ4v) is 3.80. The molecule has 6 heteroatoms. The quantitative estimate of drug-likeness (QED) is 0.391. The molecular formula is C17H11Cl3N2S. The summed E-state index contributed by atoms with van der Waals surface area (Å²) in [5.74, 6) is 0. The minimum absolute atomic E-state index is 0.0922. The number of rotatable bonds is 4. The highest BCUT2D eigenvalue weighted by Gasteiger charge is 2.20. The smallest absolute Gasteiger partial charge is 0.129 e. The second-order valence-corrected chi connectivity index (χ2v) is 7.14. The molecule has 2 nitrogen and oxygen atoms in total. The van der Waals surface area contributed by atoms with Crippen LogP contribution in [0.5, 0.6) is 0 Å². The van der Waals surface area contributed by atoms with E-state index in [4.69, 9.17) is 34.8 Å². The van der Waals surface area contributed by atoms with Crippen LogP contribution in [0.1, 0.15) is 16.5 Å². The van der Waals surface area contributed by atoms with Crippen LogP contribution in [0.3, 0.4) is 0 Å². The van der Waals surface area contributed by atoms with Crippen molar-refractivity contribution in [1.82, 2.24) is 9.97 Å². The molecule has 0 fully saturated rings. The third-order valence-corrected chi connectivity index (χ3v) is 5.22. The van der Waals surface area contributed by atoms with Gasteiger partial charge in [0.25, 0.3) is 0 Å². The molecule has 0 bridgehead atoms. The fourth-order valence-electron chi connectivity index (χ4n) is 2.09. The molecule has 1 aromatic carbocycles. The third kappa shape index (κ3) is 4.18.